The fraction of sp³-hybridized carbons (Fsp3) is 0.192. The number of carbonyl (C=O) groups excluding carboxylic acids is 1. The molecule has 1 heterocycles. The van der Waals surface area contributed by atoms with Crippen molar-refractivity contribution >= 4 is 17.7 Å². The van der Waals surface area contributed by atoms with Crippen LogP contribution in [0.1, 0.15) is 40.4 Å². The molecule has 0 amide bonds. The van der Waals surface area contributed by atoms with Gasteiger partial charge < -0.3 is 9.47 Å². The summed E-state index contributed by atoms with van der Waals surface area (Å²) in [4.78, 5) is 23.0. The average Bonchev–Trinajstić information content (AvgIpc) is 2.84. The van der Waals surface area contributed by atoms with E-state index in [-0.39, 0.29) is 29.6 Å². The Morgan fingerprint density at radius 2 is 1.59 bits per heavy atom. The van der Waals surface area contributed by atoms with Crippen molar-refractivity contribution in [3.05, 3.63) is 118 Å². The van der Waals surface area contributed by atoms with Gasteiger partial charge in [-0.25, -0.2) is 4.79 Å². The van der Waals surface area contributed by atoms with Crippen LogP contribution < -0.4 is 0 Å². The molecule has 0 saturated carbocycles. The lowest BCUT2D eigenvalue weighted by Gasteiger charge is -2.34. The first-order valence-electron chi connectivity index (χ1n) is 10.5. The van der Waals surface area contributed by atoms with Gasteiger partial charge in [-0.05, 0) is 23.3 Å². The highest BCUT2D eigenvalue weighted by molar-refractivity contribution is 5.89. The molecule has 1 fully saturated rings. The van der Waals surface area contributed by atoms with Crippen LogP contribution in [0.5, 0.6) is 0 Å². The van der Waals surface area contributed by atoms with E-state index in [1.165, 1.54) is 24.3 Å². The summed E-state index contributed by atoms with van der Waals surface area (Å²) >= 11 is 0. The number of nitrogens with zero attached hydrogens (tertiary/aromatic N) is 1. The van der Waals surface area contributed by atoms with Gasteiger partial charge in [0, 0.05) is 25.0 Å². The first kappa shape index (κ1) is 21.5. The Balaban J connectivity index is 1.49. The molecule has 4 rings (SSSR count). The third kappa shape index (κ3) is 5.47. The molecule has 1 aliphatic heterocycles. The Kier molecular flexibility index (Phi) is 6.72. The number of esters is 1. The van der Waals surface area contributed by atoms with Gasteiger partial charge in [0.25, 0.3) is 5.69 Å². The maximum atomic E-state index is 12.7. The number of carbonyl (C=O) groups is 1. The van der Waals surface area contributed by atoms with E-state index >= 15 is 0 Å². The summed E-state index contributed by atoms with van der Waals surface area (Å²) < 4.78 is 12.1. The predicted octanol–water partition coefficient (Wildman–Crippen LogP) is 5.75. The molecule has 1 aliphatic rings. The Hall–Kier alpha value is -3.77. The van der Waals surface area contributed by atoms with E-state index in [2.05, 4.69) is 0 Å². The highest BCUT2D eigenvalue weighted by Gasteiger charge is 2.32. The van der Waals surface area contributed by atoms with E-state index in [1.54, 1.807) is 0 Å². The van der Waals surface area contributed by atoms with E-state index in [9.17, 15) is 14.9 Å². The fourth-order valence-corrected chi connectivity index (χ4v) is 3.74. The lowest BCUT2D eigenvalue weighted by Crippen LogP contribution is -2.33. The Labute approximate surface area is 186 Å². The summed E-state index contributed by atoms with van der Waals surface area (Å²) in [5, 5.41) is 10.8. The van der Waals surface area contributed by atoms with Crippen molar-refractivity contribution in [1.29, 1.82) is 0 Å². The summed E-state index contributed by atoms with van der Waals surface area (Å²) in [6.45, 7) is 0. The molecule has 162 valence electrons. The van der Waals surface area contributed by atoms with Gasteiger partial charge in [0.05, 0.1) is 22.7 Å². The summed E-state index contributed by atoms with van der Waals surface area (Å²) in [5.41, 5.74) is 2.32. The van der Waals surface area contributed by atoms with Crippen LogP contribution in [0, 0.1) is 10.1 Å². The van der Waals surface area contributed by atoms with Gasteiger partial charge in [0.2, 0.25) is 0 Å². The lowest BCUT2D eigenvalue weighted by molar-refractivity contribution is -0.384. The quantitative estimate of drug-likeness (QED) is 0.283. The molecule has 0 aliphatic carbocycles. The van der Waals surface area contributed by atoms with Gasteiger partial charge in [0.15, 0.2) is 0 Å². The van der Waals surface area contributed by atoms with E-state index < -0.39 is 10.9 Å². The zero-order valence-electron chi connectivity index (χ0n) is 17.4. The molecule has 0 N–H and O–H groups in total. The SMILES string of the molecule is O=C(O[C@@H]1C[C@@H](c2ccccc2)O[C@@H](/C=C/c2ccccc2)C1)c1ccc([N+](=O)[O-])cc1. The molecule has 0 radical (unpaired) electrons. The van der Waals surface area contributed by atoms with Crippen LogP contribution in [0.4, 0.5) is 5.69 Å². The third-order valence-electron chi connectivity index (χ3n) is 5.37. The van der Waals surface area contributed by atoms with Crippen molar-refractivity contribution in [1.82, 2.24) is 0 Å². The van der Waals surface area contributed by atoms with Crippen LogP contribution >= 0.6 is 0 Å². The molecule has 0 bridgehead atoms. The standard InChI is InChI=1S/C26H23NO5/c28-26(21-12-14-22(15-13-21)27(29)30)32-24-17-23(16-11-19-7-3-1-4-8-19)31-25(18-24)20-9-5-2-6-10-20/h1-16,23-25H,17-18H2/b16-11+/t23-,24-,25-/m0/s1. The second kappa shape index (κ2) is 10.0. The third-order valence-corrected chi connectivity index (χ3v) is 5.37. The minimum atomic E-state index is -0.498. The molecule has 3 aromatic carbocycles. The van der Waals surface area contributed by atoms with E-state index in [1.807, 2.05) is 72.8 Å². The van der Waals surface area contributed by atoms with Crippen LogP contribution in [0.2, 0.25) is 0 Å². The van der Waals surface area contributed by atoms with Crippen molar-refractivity contribution in [2.24, 2.45) is 0 Å². The van der Waals surface area contributed by atoms with Gasteiger partial charge in [-0.15, -0.1) is 0 Å². The van der Waals surface area contributed by atoms with Crippen molar-refractivity contribution in [3.63, 3.8) is 0 Å². The summed E-state index contributed by atoms with van der Waals surface area (Å²) in [7, 11) is 0. The maximum absolute atomic E-state index is 12.7. The molecule has 0 unspecified atom stereocenters. The number of nitro groups is 1. The minimum absolute atomic E-state index is 0.0668. The molecule has 0 spiro atoms. The van der Waals surface area contributed by atoms with Crippen LogP contribution in [0.3, 0.4) is 0 Å². The van der Waals surface area contributed by atoms with Crippen molar-refractivity contribution in [2.45, 2.75) is 31.2 Å². The highest BCUT2D eigenvalue weighted by atomic mass is 16.6. The first-order valence-corrected chi connectivity index (χ1v) is 10.5. The van der Waals surface area contributed by atoms with Crippen LogP contribution in [0.15, 0.2) is 91.0 Å². The zero-order valence-corrected chi connectivity index (χ0v) is 17.4. The summed E-state index contributed by atoms with van der Waals surface area (Å²) in [6, 6.07) is 25.3. The number of ether oxygens (including phenoxy) is 2. The maximum Gasteiger partial charge on any atom is 0.338 e. The fourth-order valence-electron chi connectivity index (χ4n) is 3.74. The Bertz CT molecular complexity index is 1080. The molecular weight excluding hydrogens is 406 g/mol. The Morgan fingerprint density at radius 3 is 2.25 bits per heavy atom. The van der Waals surface area contributed by atoms with Crippen molar-refractivity contribution < 1.29 is 19.2 Å². The van der Waals surface area contributed by atoms with Crippen LogP contribution in [-0.4, -0.2) is 23.1 Å². The molecule has 1 saturated heterocycles. The van der Waals surface area contributed by atoms with Crippen LogP contribution in [-0.2, 0) is 9.47 Å². The molecular formula is C26H23NO5. The number of hydrogen-bond acceptors (Lipinski definition) is 5. The molecule has 3 atom stereocenters. The number of non-ortho nitro benzene ring substituents is 1. The number of rotatable bonds is 6. The monoisotopic (exact) mass is 429 g/mol. The number of nitro benzene ring substituents is 1. The smallest absolute Gasteiger partial charge is 0.338 e. The topological polar surface area (TPSA) is 78.7 Å². The van der Waals surface area contributed by atoms with Crippen molar-refractivity contribution in [2.75, 3.05) is 0 Å². The minimum Gasteiger partial charge on any atom is -0.459 e. The van der Waals surface area contributed by atoms with Crippen LogP contribution in [0.25, 0.3) is 6.08 Å². The van der Waals surface area contributed by atoms with Gasteiger partial charge in [0.1, 0.15) is 6.10 Å². The normalized spacial score (nSPS) is 20.7. The van der Waals surface area contributed by atoms with E-state index in [0.717, 1.165) is 11.1 Å². The largest absolute Gasteiger partial charge is 0.459 e. The highest BCUT2D eigenvalue weighted by Crippen LogP contribution is 2.34. The molecule has 6 nitrogen and oxygen atoms in total. The van der Waals surface area contributed by atoms with E-state index in [4.69, 9.17) is 9.47 Å². The molecule has 3 aromatic rings. The van der Waals surface area contributed by atoms with Gasteiger partial charge in [-0.2, -0.15) is 0 Å². The van der Waals surface area contributed by atoms with Gasteiger partial charge >= 0.3 is 5.97 Å². The summed E-state index contributed by atoms with van der Waals surface area (Å²) in [6.07, 6.45) is 4.31. The van der Waals surface area contributed by atoms with Crippen molar-refractivity contribution in [3.8, 4) is 0 Å². The molecule has 32 heavy (non-hydrogen) atoms. The average molecular weight is 429 g/mol. The van der Waals surface area contributed by atoms with Gasteiger partial charge in [-0.1, -0.05) is 72.8 Å². The van der Waals surface area contributed by atoms with E-state index in [0.29, 0.717) is 12.8 Å². The Morgan fingerprint density at radius 1 is 0.938 bits per heavy atom. The molecule has 6 heteroatoms. The zero-order chi connectivity index (χ0) is 22.3. The second-order valence-corrected chi connectivity index (χ2v) is 7.65. The molecule has 0 aromatic heterocycles. The van der Waals surface area contributed by atoms with Gasteiger partial charge in [-0.3, -0.25) is 10.1 Å². The lowest BCUT2D eigenvalue weighted by atomic mass is 9.95. The summed E-state index contributed by atoms with van der Waals surface area (Å²) in [5.74, 6) is -0.496. The predicted molar refractivity (Wildman–Crippen MR) is 121 cm³/mol. The first-order chi connectivity index (χ1) is 15.6. The number of benzene rings is 3. The second-order valence-electron chi connectivity index (χ2n) is 7.65. The number of hydrogen-bond donors (Lipinski definition) is 0.